The smallest absolute Gasteiger partial charge is 0.332 e. The molecule has 0 bridgehead atoms. The van der Waals surface area contributed by atoms with Crippen molar-refractivity contribution in [2.45, 2.75) is 25.0 Å². The first-order valence-electron chi connectivity index (χ1n) is 8.17. The third-order valence-corrected chi connectivity index (χ3v) is 4.00. The average molecular weight is 357 g/mol. The molecule has 1 aliphatic rings. The van der Waals surface area contributed by atoms with Crippen molar-refractivity contribution in [3.8, 4) is 17.2 Å². The van der Waals surface area contributed by atoms with Crippen molar-refractivity contribution in [1.82, 2.24) is 0 Å². The number of carboxylic acid groups (broad SMARTS) is 1. The molecule has 1 amide bonds. The first-order valence-corrected chi connectivity index (χ1v) is 8.17. The van der Waals surface area contributed by atoms with Crippen LogP contribution in [-0.2, 0) is 14.3 Å². The number of carbonyl (C=O) groups is 2. The van der Waals surface area contributed by atoms with Crippen LogP contribution in [0.2, 0.25) is 0 Å². The molecule has 0 spiro atoms. The van der Waals surface area contributed by atoms with Crippen LogP contribution in [0.3, 0.4) is 0 Å². The van der Waals surface area contributed by atoms with Crippen molar-refractivity contribution in [1.29, 1.82) is 0 Å². The fourth-order valence-electron chi connectivity index (χ4n) is 2.69. The number of hydrogen-bond acceptors (Lipinski definition) is 5. The largest absolute Gasteiger partial charge is 0.494 e. The van der Waals surface area contributed by atoms with Gasteiger partial charge in [-0.2, -0.15) is 0 Å². The van der Waals surface area contributed by atoms with E-state index < -0.39 is 24.1 Å². The zero-order valence-corrected chi connectivity index (χ0v) is 14.2. The number of benzene rings is 2. The van der Waals surface area contributed by atoms with E-state index in [0.29, 0.717) is 35.8 Å². The SMILES string of the molecule is COc1cc(Oc2ccccc2)ccc1NC(=O)[C@@H]1CC[C@H](C(=O)O)O1. The Kier molecular flexibility index (Phi) is 5.38. The van der Waals surface area contributed by atoms with Gasteiger partial charge < -0.3 is 24.6 Å². The lowest BCUT2D eigenvalue weighted by Crippen LogP contribution is -2.30. The van der Waals surface area contributed by atoms with E-state index in [2.05, 4.69) is 5.32 Å². The summed E-state index contributed by atoms with van der Waals surface area (Å²) in [4.78, 5) is 23.2. The highest BCUT2D eigenvalue weighted by molar-refractivity contribution is 5.96. The minimum atomic E-state index is -1.06. The van der Waals surface area contributed by atoms with Crippen molar-refractivity contribution in [3.63, 3.8) is 0 Å². The molecular formula is C19H19NO6. The zero-order valence-electron chi connectivity index (χ0n) is 14.2. The number of carboxylic acids is 1. The Hall–Kier alpha value is -3.06. The Balaban J connectivity index is 1.68. The monoisotopic (exact) mass is 357 g/mol. The summed E-state index contributed by atoms with van der Waals surface area (Å²) in [6.07, 6.45) is -1.05. The van der Waals surface area contributed by atoms with E-state index >= 15 is 0 Å². The number of nitrogens with one attached hydrogen (secondary N) is 1. The minimum absolute atomic E-state index is 0.314. The number of anilines is 1. The summed E-state index contributed by atoms with van der Waals surface area (Å²) in [6.45, 7) is 0. The number of rotatable bonds is 6. The summed E-state index contributed by atoms with van der Waals surface area (Å²) in [7, 11) is 1.49. The lowest BCUT2D eigenvalue weighted by atomic mass is 10.2. The van der Waals surface area contributed by atoms with Crippen LogP contribution in [0.5, 0.6) is 17.2 Å². The van der Waals surface area contributed by atoms with Gasteiger partial charge in [-0.05, 0) is 37.1 Å². The lowest BCUT2D eigenvalue weighted by Gasteiger charge is -2.15. The number of hydrogen-bond donors (Lipinski definition) is 2. The van der Waals surface area contributed by atoms with Crippen molar-refractivity contribution in [3.05, 3.63) is 48.5 Å². The Morgan fingerprint density at radius 3 is 2.46 bits per heavy atom. The summed E-state index contributed by atoms with van der Waals surface area (Å²) >= 11 is 0. The fourth-order valence-corrected chi connectivity index (χ4v) is 2.69. The van der Waals surface area contributed by atoms with Gasteiger partial charge in [0.15, 0.2) is 6.10 Å². The predicted molar refractivity (Wildman–Crippen MR) is 93.7 cm³/mol. The minimum Gasteiger partial charge on any atom is -0.494 e. The van der Waals surface area contributed by atoms with E-state index in [1.807, 2.05) is 30.3 Å². The first kappa shape index (κ1) is 17.8. The molecule has 1 heterocycles. The van der Waals surface area contributed by atoms with Crippen LogP contribution in [0, 0.1) is 0 Å². The highest BCUT2D eigenvalue weighted by atomic mass is 16.5. The number of aliphatic carboxylic acids is 1. The van der Waals surface area contributed by atoms with Gasteiger partial charge in [0.2, 0.25) is 0 Å². The van der Waals surface area contributed by atoms with Crippen molar-refractivity contribution in [2.24, 2.45) is 0 Å². The van der Waals surface area contributed by atoms with E-state index in [1.165, 1.54) is 7.11 Å². The third-order valence-electron chi connectivity index (χ3n) is 4.00. The summed E-state index contributed by atoms with van der Waals surface area (Å²) in [5.74, 6) is 0.225. The maximum absolute atomic E-state index is 12.3. The lowest BCUT2D eigenvalue weighted by molar-refractivity contribution is -0.150. The second-order valence-corrected chi connectivity index (χ2v) is 5.80. The molecule has 1 aliphatic heterocycles. The van der Waals surface area contributed by atoms with Crippen LogP contribution in [-0.4, -0.2) is 36.3 Å². The quantitative estimate of drug-likeness (QED) is 0.825. The van der Waals surface area contributed by atoms with Crippen LogP contribution in [0.4, 0.5) is 5.69 Å². The molecule has 2 atom stereocenters. The topological polar surface area (TPSA) is 94.1 Å². The second-order valence-electron chi connectivity index (χ2n) is 5.80. The number of carbonyl (C=O) groups excluding carboxylic acids is 1. The molecule has 26 heavy (non-hydrogen) atoms. The number of methoxy groups -OCH3 is 1. The summed E-state index contributed by atoms with van der Waals surface area (Å²) < 4.78 is 16.3. The molecule has 2 aromatic carbocycles. The van der Waals surface area contributed by atoms with Gasteiger partial charge in [0.1, 0.15) is 23.4 Å². The van der Waals surface area contributed by atoms with Crippen LogP contribution in [0.15, 0.2) is 48.5 Å². The van der Waals surface area contributed by atoms with Gasteiger partial charge in [-0.25, -0.2) is 4.79 Å². The highest BCUT2D eigenvalue weighted by Gasteiger charge is 2.34. The van der Waals surface area contributed by atoms with E-state index in [-0.39, 0.29) is 0 Å². The first-order chi connectivity index (χ1) is 12.6. The maximum Gasteiger partial charge on any atom is 0.332 e. The molecule has 3 rings (SSSR count). The average Bonchev–Trinajstić information content (AvgIpc) is 3.14. The van der Waals surface area contributed by atoms with E-state index in [1.54, 1.807) is 18.2 Å². The van der Waals surface area contributed by atoms with Gasteiger partial charge in [0, 0.05) is 6.07 Å². The van der Waals surface area contributed by atoms with Gasteiger partial charge >= 0.3 is 5.97 Å². The van der Waals surface area contributed by atoms with E-state index in [0.717, 1.165) is 0 Å². The van der Waals surface area contributed by atoms with Crippen LogP contribution in [0.25, 0.3) is 0 Å². The number of amides is 1. The molecule has 2 aromatic rings. The fraction of sp³-hybridized carbons (Fsp3) is 0.263. The molecular weight excluding hydrogens is 338 g/mol. The summed E-state index contributed by atoms with van der Waals surface area (Å²) in [5.41, 5.74) is 0.459. The predicted octanol–water partition coefficient (Wildman–Crippen LogP) is 3.06. The summed E-state index contributed by atoms with van der Waals surface area (Å²) in [6, 6.07) is 14.3. The van der Waals surface area contributed by atoms with Crippen molar-refractivity contribution in [2.75, 3.05) is 12.4 Å². The van der Waals surface area contributed by atoms with Crippen LogP contribution >= 0.6 is 0 Å². The standard InChI is InChI=1S/C19H19NO6/c1-24-17-11-13(25-12-5-3-2-4-6-12)7-8-14(17)20-18(21)15-9-10-16(26-15)19(22)23/h2-8,11,15-16H,9-10H2,1H3,(H,20,21)(H,22,23)/t15-,16+/m0/s1. The van der Waals surface area contributed by atoms with Gasteiger partial charge in [-0.3, -0.25) is 4.79 Å². The molecule has 1 saturated heterocycles. The molecule has 0 unspecified atom stereocenters. The van der Waals surface area contributed by atoms with Crippen LogP contribution < -0.4 is 14.8 Å². The second kappa shape index (κ2) is 7.88. The van der Waals surface area contributed by atoms with E-state index in [9.17, 15) is 9.59 Å². The maximum atomic E-state index is 12.3. The molecule has 1 fully saturated rings. The Morgan fingerprint density at radius 2 is 1.81 bits per heavy atom. The third kappa shape index (κ3) is 4.12. The molecule has 2 N–H and O–H groups in total. The molecule has 0 saturated carbocycles. The molecule has 0 aromatic heterocycles. The Labute approximate surface area is 150 Å². The number of para-hydroxylation sites is 1. The molecule has 0 aliphatic carbocycles. The zero-order chi connectivity index (χ0) is 18.5. The molecule has 136 valence electrons. The van der Waals surface area contributed by atoms with Gasteiger partial charge in [-0.15, -0.1) is 0 Å². The number of ether oxygens (including phenoxy) is 3. The van der Waals surface area contributed by atoms with E-state index in [4.69, 9.17) is 19.3 Å². The summed E-state index contributed by atoms with van der Waals surface area (Å²) in [5, 5.41) is 11.7. The Morgan fingerprint density at radius 1 is 1.08 bits per heavy atom. The Bertz CT molecular complexity index is 792. The van der Waals surface area contributed by atoms with Crippen LogP contribution in [0.1, 0.15) is 12.8 Å². The highest BCUT2D eigenvalue weighted by Crippen LogP contribution is 2.32. The van der Waals surface area contributed by atoms with Crippen molar-refractivity contribution >= 4 is 17.6 Å². The van der Waals surface area contributed by atoms with Crippen molar-refractivity contribution < 1.29 is 28.9 Å². The van der Waals surface area contributed by atoms with Gasteiger partial charge in [0.05, 0.1) is 12.8 Å². The molecule has 7 heteroatoms. The molecule has 0 radical (unpaired) electrons. The normalized spacial score (nSPS) is 19.0. The van der Waals surface area contributed by atoms with Gasteiger partial charge in [0.25, 0.3) is 5.91 Å². The van der Waals surface area contributed by atoms with Gasteiger partial charge in [-0.1, -0.05) is 18.2 Å². The molecule has 7 nitrogen and oxygen atoms in total.